The van der Waals surface area contributed by atoms with Crippen molar-refractivity contribution in [2.45, 2.75) is 39.2 Å². The van der Waals surface area contributed by atoms with Crippen LogP contribution < -0.4 is 11.1 Å². The summed E-state index contributed by atoms with van der Waals surface area (Å²) in [6.07, 6.45) is 4.83. The topological polar surface area (TPSA) is 68.0 Å². The van der Waals surface area contributed by atoms with Crippen molar-refractivity contribution in [2.75, 3.05) is 5.73 Å². The normalized spacial score (nSPS) is 27.0. The van der Waals surface area contributed by atoms with Crippen LogP contribution in [0.1, 0.15) is 43.5 Å². The van der Waals surface area contributed by atoms with Gasteiger partial charge in [0.15, 0.2) is 0 Å². The van der Waals surface area contributed by atoms with Gasteiger partial charge in [0.2, 0.25) is 0 Å². The number of aromatic nitrogens is 1. The lowest BCUT2D eigenvalue weighted by molar-refractivity contribution is 0.0891. The van der Waals surface area contributed by atoms with Gasteiger partial charge in [-0.05, 0) is 24.3 Å². The molecule has 19 heavy (non-hydrogen) atoms. The zero-order chi connectivity index (χ0) is 14.0. The number of anilines is 1. The van der Waals surface area contributed by atoms with Crippen LogP contribution in [0, 0.1) is 11.8 Å². The summed E-state index contributed by atoms with van der Waals surface area (Å²) in [6.45, 7) is 4.43. The van der Waals surface area contributed by atoms with Gasteiger partial charge in [0.25, 0.3) is 5.91 Å². The minimum absolute atomic E-state index is 0.162. The maximum absolute atomic E-state index is 12.3. The lowest BCUT2D eigenvalue weighted by atomic mass is 9.78. The fraction of sp³-hybridized carbons (Fsp3) is 0.571. The van der Waals surface area contributed by atoms with Crippen molar-refractivity contribution >= 4 is 23.3 Å². The molecule has 5 heteroatoms. The second kappa shape index (κ2) is 5.78. The van der Waals surface area contributed by atoms with Gasteiger partial charge in [-0.3, -0.25) is 4.79 Å². The summed E-state index contributed by atoms with van der Waals surface area (Å²) >= 11 is 5.99. The van der Waals surface area contributed by atoms with Crippen LogP contribution >= 0.6 is 11.6 Å². The molecule has 1 heterocycles. The van der Waals surface area contributed by atoms with E-state index in [9.17, 15) is 4.79 Å². The van der Waals surface area contributed by atoms with Gasteiger partial charge in [-0.15, -0.1) is 0 Å². The molecule has 1 aliphatic rings. The number of pyridine rings is 1. The van der Waals surface area contributed by atoms with Gasteiger partial charge in [0.1, 0.15) is 5.82 Å². The van der Waals surface area contributed by atoms with Crippen LogP contribution in [-0.2, 0) is 0 Å². The van der Waals surface area contributed by atoms with Crippen molar-refractivity contribution in [3.63, 3.8) is 0 Å². The highest BCUT2D eigenvalue weighted by atomic mass is 35.5. The Morgan fingerprint density at radius 3 is 2.95 bits per heavy atom. The molecule has 1 aromatic heterocycles. The molecule has 104 valence electrons. The number of amides is 1. The van der Waals surface area contributed by atoms with E-state index in [0.717, 1.165) is 12.8 Å². The molecule has 3 unspecified atom stereocenters. The number of hydrogen-bond donors (Lipinski definition) is 2. The number of carbonyl (C=O) groups excluding carboxylic acids is 1. The third-order valence-electron chi connectivity index (χ3n) is 4.14. The van der Waals surface area contributed by atoms with Gasteiger partial charge >= 0.3 is 0 Å². The number of halogens is 1. The molecule has 0 radical (unpaired) electrons. The van der Waals surface area contributed by atoms with E-state index in [-0.39, 0.29) is 11.9 Å². The smallest absolute Gasteiger partial charge is 0.253 e. The fourth-order valence-electron chi connectivity index (χ4n) is 2.66. The minimum atomic E-state index is -0.162. The van der Waals surface area contributed by atoms with Crippen LogP contribution in [0.3, 0.4) is 0 Å². The third-order valence-corrected chi connectivity index (χ3v) is 4.45. The van der Waals surface area contributed by atoms with Crippen LogP contribution in [0.4, 0.5) is 5.82 Å². The van der Waals surface area contributed by atoms with Crippen molar-refractivity contribution in [1.29, 1.82) is 0 Å². The van der Waals surface area contributed by atoms with E-state index in [1.54, 1.807) is 0 Å². The van der Waals surface area contributed by atoms with Gasteiger partial charge in [0.05, 0.1) is 10.6 Å². The Balaban J connectivity index is 2.10. The maximum atomic E-state index is 12.3. The first kappa shape index (κ1) is 14.1. The summed E-state index contributed by atoms with van der Waals surface area (Å²) in [5.41, 5.74) is 6.00. The predicted molar refractivity (Wildman–Crippen MR) is 77.1 cm³/mol. The average molecular weight is 282 g/mol. The zero-order valence-corrected chi connectivity index (χ0v) is 12.1. The first-order chi connectivity index (χ1) is 8.99. The molecule has 3 N–H and O–H groups in total. The lowest BCUT2D eigenvalue weighted by Gasteiger charge is -2.34. The molecule has 0 saturated heterocycles. The average Bonchev–Trinajstić information content (AvgIpc) is 2.38. The van der Waals surface area contributed by atoms with E-state index in [4.69, 9.17) is 17.3 Å². The number of carbonyl (C=O) groups is 1. The highest BCUT2D eigenvalue weighted by Gasteiger charge is 2.28. The quantitative estimate of drug-likeness (QED) is 0.876. The summed E-state index contributed by atoms with van der Waals surface area (Å²) < 4.78 is 0. The van der Waals surface area contributed by atoms with Crippen molar-refractivity contribution in [3.05, 3.63) is 22.8 Å². The summed E-state index contributed by atoms with van der Waals surface area (Å²) in [5.74, 6) is 1.26. The van der Waals surface area contributed by atoms with E-state index < -0.39 is 0 Å². The molecule has 0 spiro atoms. The Hall–Kier alpha value is -1.29. The zero-order valence-electron chi connectivity index (χ0n) is 11.3. The number of rotatable bonds is 2. The molecule has 4 nitrogen and oxygen atoms in total. The second-order valence-electron chi connectivity index (χ2n) is 5.44. The summed E-state index contributed by atoms with van der Waals surface area (Å²) in [6, 6.07) is 1.73. The maximum Gasteiger partial charge on any atom is 0.253 e. The Bertz CT molecular complexity index is 478. The molecular weight excluding hydrogens is 262 g/mol. The number of nitrogens with zero attached hydrogens (tertiary/aromatic N) is 1. The molecule has 1 saturated carbocycles. The largest absolute Gasteiger partial charge is 0.384 e. The van der Waals surface area contributed by atoms with Gasteiger partial charge in [-0.2, -0.15) is 0 Å². The van der Waals surface area contributed by atoms with Crippen molar-refractivity contribution in [3.8, 4) is 0 Å². The number of nitrogen functional groups attached to an aromatic ring is 1. The van der Waals surface area contributed by atoms with Crippen molar-refractivity contribution in [2.24, 2.45) is 11.8 Å². The van der Waals surface area contributed by atoms with Gasteiger partial charge in [-0.25, -0.2) is 4.98 Å². The lowest BCUT2D eigenvalue weighted by Crippen LogP contribution is -2.43. The standard InChI is InChI=1S/C14H20ClN3O/c1-8-4-3-5-12(9(8)2)18-14(19)10-6-13(16)17-7-11(10)15/h6-9,12H,3-5H2,1-2H3,(H2,16,17)(H,18,19). The summed E-state index contributed by atoms with van der Waals surface area (Å²) in [7, 11) is 0. The molecule has 3 atom stereocenters. The molecule has 0 aromatic carbocycles. The van der Waals surface area contributed by atoms with Gasteiger partial charge in [0, 0.05) is 12.2 Å². The Morgan fingerprint density at radius 1 is 1.47 bits per heavy atom. The number of nitrogens with one attached hydrogen (secondary N) is 1. The predicted octanol–water partition coefficient (Wildman–Crippen LogP) is 2.87. The van der Waals surface area contributed by atoms with Crippen LogP contribution in [-0.4, -0.2) is 16.9 Å². The van der Waals surface area contributed by atoms with Crippen LogP contribution in [0.15, 0.2) is 12.3 Å². The summed E-state index contributed by atoms with van der Waals surface area (Å²) in [4.78, 5) is 16.1. The van der Waals surface area contributed by atoms with Crippen molar-refractivity contribution < 1.29 is 4.79 Å². The first-order valence-corrected chi connectivity index (χ1v) is 7.08. The van der Waals surface area contributed by atoms with Crippen molar-refractivity contribution in [1.82, 2.24) is 10.3 Å². The highest BCUT2D eigenvalue weighted by Crippen LogP contribution is 2.30. The van der Waals surface area contributed by atoms with Gasteiger partial charge in [-0.1, -0.05) is 38.3 Å². The monoisotopic (exact) mass is 281 g/mol. The van der Waals surface area contributed by atoms with E-state index >= 15 is 0 Å². The molecule has 0 aliphatic heterocycles. The minimum Gasteiger partial charge on any atom is -0.384 e. The van der Waals surface area contributed by atoms with Crippen LogP contribution in [0.5, 0.6) is 0 Å². The molecular formula is C14H20ClN3O. The van der Waals surface area contributed by atoms with E-state index in [0.29, 0.717) is 28.2 Å². The van der Waals surface area contributed by atoms with E-state index in [1.807, 2.05) is 0 Å². The van der Waals surface area contributed by atoms with Crippen LogP contribution in [0.25, 0.3) is 0 Å². The molecule has 2 rings (SSSR count). The van der Waals surface area contributed by atoms with E-state index in [1.165, 1.54) is 18.7 Å². The Morgan fingerprint density at radius 2 is 2.21 bits per heavy atom. The van der Waals surface area contributed by atoms with E-state index in [2.05, 4.69) is 24.1 Å². The number of hydrogen-bond acceptors (Lipinski definition) is 3. The third kappa shape index (κ3) is 3.18. The highest BCUT2D eigenvalue weighted by molar-refractivity contribution is 6.33. The molecule has 1 aromatic rings. The molecule has 1 aliphatic carbocycles. The second-order valence-corrected chi connectivity index (χ2v) is 5.84. The first-order valence-electron chi connectivity index (χ1n) is 6.71. The fourth-order valence-corrected chi connectivity index (χ4v) is 2.85. The SMILES string of the molecule is CC1CCCC(NC(=O)c2cc(N)ncc2Cl)C1C. The molecule has 1 fully saturated rings. The van der Waals surface area contributed by atoms with Crippen LogP contribution in [0.2, 0.25) is 5.02 Å². The Labute approximate surface area is 118 Å². The molecule has 1 amide bonds. The molecule has 0 bridgehead atoms. The number of nitrogens with two attached hydrogens (primary N) is 1. The Kier molecular flexibility index (Phi) is 4.30. The van der Waals surface area contributed by atoms with Gasteiger partial charge < -0.3 is 11.1 Å². The summed E-state index contributed by atoms with van der Waals surface area (Å²) in [5, 5.41) is 3.41.